The van der Waals surface area contributed by atoms with E-state index in [4.69, 9.17) is 4.74 Å². The molecule has 1 aliphatic heterocycles. The highest BCUT2D eigenvalue weighted by Gasteiger charge is 2.68. The number of allylic oxidation sites excluding steroid dienone is 2. The van der Waals surface area contributed by atoms with Crippen molar-refractivity contribution < 1.29 is 18.7 Å². The van der Waals surface area contributed by atoms with Gasteiger partial charge in [0, 0.05) is 6.92 Å². The first kappa shape index (κ1) is 13.2. The van der Waals surface area contributed by atoms with Crippen LogP contribution in [-0.2, 0) is 14.3 Å². The van der Waals surface area contributed by atoms with E-state index in [0.717, 1.165) is 6.42 Å². The number of carbonyl (C=O) groups is 1. The third kappa shape index (κ3) is 3.04. The number of carbonyl (C=O) groups excluding carboxylic acids is 1. The molecular formula is C12H19FO3. The molecule has 1 rings (SSSR count). The summed E-state index contributed by atoms with van der Waals surface area (Å²) in [6.45, 7) is 6.64. The molecule has 0 radical (unpaired) electrons. The molecule has 1 heterocycles. The lowest BCUT2D eigenvalue weighted by molar-refractivity contribution is -0.145. The van der Waals surface area contributed by atoms with Crippen LogP contribution < -0.4 is 0 Å². The Bertz CT molecular complexity index is 309. The van der Waals surface area contributed by atoms with Gasteiger partial charge in [-0.15, -0.1) is 0 Å². The Kier molecular flexibility index (Phi) is 3.73. The smallest absolute Gasteiger partial charge is 0.302 e. The summed E-state index contributed by atoms with van der Waals surface area (Å²) in [7, 11) is 0. The van der Waals surface area contributed by atoms with Crippen molar-refractivity contribution in [1.29, 1.82) is 0 Å². The molecule has 1 saturated heterocycles. The van der Waals surface area contributed by atoms with Crippen LogP contribution in [0.25, 0.3) is 0 Å². The molecule has 2 atom stereocenters. The Hall–Kier alpha value is -0.900. The number of rotatable bonds is 5. The second-order valence-electron chi connectivity index (χ2n) is 4.66. The number of alkyl halides is 1. The van der Waals surface area contributed by atoms with Crippen LogP contribution in [0.3, 0.4) is 0 Å². The maximum Gasteiger partial charge on any atom is 0.302 e. The molecule has 92 valence electrons. The maximum atomic E-state index is 13.9. The van der Waals surface area contributed by atoms with Gasteiger partial charge in [-0.1, -0.05) is 11.6 Å². The monoisotopic (exact) mass is 230 g/mol. The summed E-state index contributed by atoms with van der Waals surface area (Å²) in [6, 6.07) is 0. The van der Waals surface area contributed by atoms with Gasteiger partial charge in [0.1, 0.15) is 5.60 Å². The first-order valence-electron chi connectivity index (χ1n) is 5.45. The van der Waals surface area contributed by atoms with Crippen molar-refractivity contribution in [2.75, 3.05) is 6.61 Å². The van der Waals surface area contributed by atoms with Gasteiger partial charge in [0.2, 0.25) is 0 Å². The molecule has 0 unspecified atom stereocenters. The van der Waals surface area contributed by atoms with Crippen LogP contribution in [0.4, 0.5) is 4.39 Å². The highest BCUT2D eigenvalue weighted by atomic mass is 19.2. The molecule has 0 bridgehead atoms. The van der Waals surface area contributed by atoms with Gasteiger partial charge in [0.05, 0.1) is 0 Å². The SMILES string of the molecule is CC(=O)OC[C@@]1(F)O[C@]1(C)CCC=C(C)C. The van der Waals surface area contributed by atoms with Gasteiger partial charge in [0.15, 0.2) is 6.61 Å². The van der Waals surface area contributed by atoms with E-state index in [1.807, 2.05) is 19.9 Å². The summed E-state index contributed by atoms with van der Waals surface area (Å²) >= 11 is 0. The summed E-state index contributed by atoms with van der Waals surface area (Å²) < 4.78 is 23.6. The zero-order valence-electron chi connectivity index (χ0n) is 10.3. The molecule has 0 aromatic heterocycles. The fraction of sp³-hybridized carbons (Fsp3) is 0.750. The van der Waals surface area contributed by atoms with Crippen LogP contribution in [0.15, 0.2) is 11.6 Å². The number of halogens is 1. The summed E-state index contributed by atoms with van der Waals surface area (Å²) in [6.07, 6.45) is 3.40. The molecule has 0 aliphatic carbocycles. The summed E-state index contributed by atoms with van der Waals surface area (Å²) in [5.74, 6) is -2.28. The molecule has 4 heteroatoms. The van der Waals surface area contributed by atoms with E-state index in [1.165, 1.54) is 12.5 Å². The van der Waals surface area contributed by atoms with Gasteiger partial charge >= 0.3 is 5.97 Å². The lowest BCUT2D eigenvalue weighted by Gasteiger charge is -2.08. The molecule has 16 heavy (non-hydrogen) atoms. The Morgan fingerprint density at radius 3 is 2.56 bits per heavy atom. The second kappa shape index (κ2) is 4.53. The van der Waals surface area contributed by atoms with Crippen molar-refractivity contribution in [1.82, 2.24) is 0 Å². The van der Waals surface area contributed by atoms with E-state index in [1.54, 1.807) is 6.92 Å². The minimum absolute atomic E-state index is 0.312. The van der Waals surface area contributed by atoms with Gasteiger partial charge < -0.3 is 9.47 Å². The van der Waals surface area contributed by atoms with E-state index in [2.05, 4.69) is 4.74 Å². The van der Waals surface area contributed by atoms with E-state index in [-0.39, 0.29) is 6.61 Å². The summed E-state index contributed by atoms with van der Waals surface area (Å²) in [4.78, 5) is 10.6. The highest BCUT2D eigenvalue weighted by Crippen LogP contribution is 2.52. The topological polar surface area (TPSA) is 38.8 Å². The number of ether oxygens (including phenoxy) is 2. The Morgan fingerprint density at radius 2 is 2.06 bits per heavy atom. The zero-order chi connectivity index (χ0) is 12.4. The fourth-order valence-corrected chi connectivity index (χ4v) is 1.58. The molecule has 1 aliphatic rings. The zero-order valence-corrected chi connectivity index (χ0v) is 10.3. The number of hydrogen-bond acceptors (Lipinski definition) is 3. The molecule has 0 saturated carbocycles. The van der Waals surface area contributed by atoms with Gasteiger partial charge in [0.25, 0.3) is 5.85 Å². The van der Waals surface area contributed by atoms with E-state index in [0.29, 0.717) is 6.42 Å². The third-order valence-corrected chi connectivity index (χ3v) is 2.77. The summed E-state index contributed by atoms with van der Waals surface area (Å²) in [5.41, 5.74) is 0.391. The third-order valence-electron chi connectivity index (χ3n) is 2.77. The minimum Gasteiger partial charge on any atom is -0.460 e. The predicted molar refractivity (Wildman–Crippen MR) is 58.6 cm³/mol. The average Bonchev–Trinajstić information content (AvgIpc) is 2.66. The lowest BCUT2D eigenvalue weighted by Crippen LogP contribution is -2.25. The van der Waals surface area contributed by atoms with E-state index >= 15 is 0 Å². The van der Waals surface area contributed by atoms with Crippen LogP contribution in [-0.4, -0.2) is 24.0 Å². The molecule has 0 amide bonds. The Morgan fingerprint density at radius 1 is 1.44 bits per heavy atom. The van der Waals surface area contributed by atoms with Crippen molar-refractivity contribution in [3.05, 3.63) is 11.6 Å². The quantitative estimate of drug-likeness (QED) is 0.414. The molecule has 0 aromatic carbocycles. The first-order chi connectivity index (χ1) is 7.29. The van der Waals surface area contributed by atoms with Crippen molar-refractivity contribution >= 4 is 5.97 Å². The van der Waals surface area contributed by atoms with E-state index < -0.39 is 17.4 Å². The fourth-order valence-electron chi connectivity index (χ4n) is 1.58. The van der Waals surface area contributed by atoms with Crippen molar-refractivity contribution in [3.8, 4) is 0 Å². The molecular weight excluding hydrogens is 211 g/mol. The standard InChI is InChI=1S/C12H19FO3/c1-9(2)6-5-7-11(4)12(13,16-11)8-15-10(3)14/h6H,5,7-8H2,1-4H3/t11-,12-/m1/s1. The minimum atomic E-state index is -1.80. The summed E-state index contributed by atoms with van der Waals surface area (Å²) in [5, 5.41) is 0. The predicted octanol–water partition coefficient (Wildman–Crippen LogP) is 2.75. The van der Waals surface area contributed by atoms with Gasteiger partial charge in [-0.05, 0) is 33.6 Å². The number of epoxide rings is 1. The van der Waals surface area contributed by atoms with Gasteiger partial charge in [-0.2, -0.15) is 0 Å². The van der Waals surface area contributed by atoms with Crippen LogP contribution in [0, 0.1) is 0 Å². The molecule has 0 spiro atoms. The number of esters is 1. The molecule has 0 N–H and O–H groups in total. The molecule has 1 fully saturated rings. The van der Waals surface area contributed by atoms with Crippen LogP contribution in [0.2, 0.25) is 0 Å². The largest absolute Gasteiger partial charge is 0.460 e. The van der Waals surface area contributed by atoms with Crippen LogP contribution in [0.5, 0.6) is 0 Å². The molecule has 3 nitrogen and oxygen atoms in total. The van der Waals surface area contributed by atoms with Gasteiger partial charge in [-0.25, -0.2) is 4.39 Å². The van der Waals surface area contributed by atoms with E-state index in [9.17, 15) is 9.18 Å². The lowest BCUT2D eigenvalue weighted by atomic mass is 9.99. The first-order valence-corrected chi connectivity index (χ1v) is 5.45. The van der Waals surface area contributed by atoms with Crippen molar-refractivity contribution in [2.45, 2.75) is 52.0 Å². The highest BCUT2D eigenvalue weighted by molar-refractivity contribution is 5.66. The number of hydrogen-bond donors (Lipinski definition) is 0. The van der Waals surface area contributed by atoms with Gasteiger partial charge in [-0.3, -0.25) is 4.79 Å². The van der Waals surface area contributed by atoms with Crippen molar-refractivity contribution in [3.63, 3.8) is 0 Å². The maximum absolute atomic E-state index is 13.9. The normalized spacial score (nSPS) is 32.1. The molecule has 0 aromatic rings. The Balaban J connectivity index is 2.38. The average molecular weight is 230 g/mol. The Labute approximate surface area is 95.6 Å². The van der Waals surface area contributed by atoms with Crippen LogP contribution >= 0.6 is 0 Å². The van der Waals surface area contributed by atoms with Crippen LogP contribution in [0.1, 0.15) is 40.5 Å². The van der Waals surface area contributed by atoms with Crippen molar-refractivity contribution in [2.24, 2.45) is 0 Å². The second-order valence-corrected chi connectivity index (χ2v) is 4.66.